The number of carbonyl (C=O) groups is 1. The van der Waals surface area contributed by atoms with Crippen LogP contribution in [0, 0.1) is 18.7 Å². The third-order valence-electron chi connectivity index (χ3n) is 5.56. The van der Waals surface area contributed by atoms with Gasteiger partial charge in [-0.05, 0) is 62.6 Å². The molecule has 0 aliphatic carbocycles. The molecule has 2 heterocycles. The van der Waals surface area contributed by atoms with Crippen molar-refractivity contribution in [2.45, 2.75) is 19.8 Å². The number of nitrogens with two attached hydrogens (primary N) is 1. The molecule has 5 nitrogen and oxygen atoms in total. The van der Waals surface area contributed by atoms with Crippen molar-refractivity contribution in [2.24, 2.45) is 11.7 Å². The number of hydrogen-bond acceptors (Lipinski definition) is 3. The Bertz CT molecular complexity index is 1000. The number of nitrogens with zero attached hydrogens (tertiary/aromatic N) is 3. The number of halogens is 1. The highest BCUT2D eigenvalue weighted by Crippen LogP contribution is 2.27. The molecule has 29 heavy (non-hydrogen) atoms. The van der Waals surface area contributed by atoms with Crippen molar-refractivity contribution < 1.29 is 9.18 Å². The van der Waals surface area contributed by atoms with E-state index in [9.17, 15) is 9.18 Å². The van der Waals surface area contributed by atoms with Gasteiger partial charge in [-0.1, -0.05) is 23.8 Å². The van der Waals surface area contributed by atoms with Crippen LogP contribution in [0.25, 0.3) is 16.9 Å². The summed E-state index contributed by atoms with van der Waals surface area (Å²) in [4.78, 5) is 15.2. The molecule has 0 radical (unpaired) electrons. The average Bonchev–Trinajstić information content (AvgIpc) is 3.19. The normalized spacial score (nSPS) is 14.9. The van der Waals surface area contributed by atoms with E-state index >= 15 is 0 Å². The molecule has 2 aromatic carbocycles. The van der Waals surface area contributed by atoms with E-state index in [1.165, 1.54) is 12.1 Å². The summed E-state index contributed by atoms with van der Waals surface area (Å²) < 4.78 is 15.0. The lowest BCUT2D eigenvalue weighted by atomic mass is 9.96. The number of aromatic nitrogens is 2. The Labute approximate surface area is 169 Å². The number of carbonyl (C=O) groups excluding carboxylic acids is 1. The van der Waals surface area contributed by atoms with Crippen LogP contribution in [-0.4, -0.2) is 40.2 Å². The largest absolute Gasteiger partial charge is 0.339 e. The fourth-order valence-electron chi connectivity index (χ4n) is 3.80. The van der Waals surface area contributed by atoms with Crippen molar-refractivity contribution in [3.63, 3.8) is 0 Å². The van der Waals surface area contributed by atoms with Gasteiger partial charge in [0, 0.05) is 24.8 Å². The summed E-state index contributed by atoms with van der Waals surface area (Å²) >= 11 is 0. The molecule has 0 bridgehead atoms. The van der Waals surface area contributed by atoms with E-state index in [1.807, 2.05) is 36.1 Å². The van der Waals surface area contributed by atoms with Crippen LogP contribution >= 0.6 is 0 Å². The number of likely N-dealkylation sites (tertiary alicyclic amines) is 1. The summed E-state index contributed by atoms with van der Waals surface area (Å²) in [6.45, 7) is 4.09. The molecule has 0 atom stereocenters. The number of benzene rings is 2. The first kappa shape index (κ1) is 19.3. The molecule has 0 spiro atoms. The second-order valence-corrected chi connectivity index (χ2v) is 7.65. The topological polar surface area (TPSA) is 64.2 Å². The third-order valence-corrected chi connectivity index (χ3v) is 5.56. The van der Waals surface area contributed by atoms with E-state index in [0.29, 0.717) is 42.5 Å². The Balaban J connectivity index is 1.73. The van der Waals surface area contributed by atoms with Crippen LogP contribution in [0.2, 0.25) is 0 Å². The van der Waals surface area contributed by atoms with Gasteiger partial charge in [-0.25, -0.2) is 9.07 Å². The molecule has 1 amide bonds. The Morgan fingerprint density at radius 2 is 1.90 bits per heavy atom. The monoisotopic (exact) mass is 392 g/mol. The lowest BCUT2D eigenvalue weighted by Crippen LogP contribution is -2.40. The Morgan fingerprint density at radius 1 is 1.17 bits per heavy atom. The molecule has 0 saturated carbocycles. The van der Waals surface area contributed by atoms with Crippen LogP contribution in [0.3, 0.4) is 0 Å². The fourth-order valence-corrected chi connectivity index (χ4v) is 3.80. The minimum atomic E-state index is -0.307. The van der Waals surface area contributed by atoms with Crippen LogP contribution in [0.4, 0.5) is 4.39 Å². The van der Waals surface area contributed by atoms with Gasteiger partial charge in [0.15, 0.2) is 0 Å². The van der Waals surface area contributed by atoms with Crippen LogP contribution in [0.1, 0.15) is 28.8 Å². The van der Waals surface area contributed by atoms with E-state index < -0.39 is 0 Å². The lowest BCUT2D eigenvalue weighted by molar-refractivity contribution is 0.0694. The highest BCUT2D eigenvalue weighted by Gasteiger charge is 2.27. The van der Waals surface area contributed by atoms with Crippen molar-refractivity contribution in [1.82, 2.24) is 14.7 Å². The molecular formula is C23H25FN4O. The maximum Gasteiger partial charge on any atom is 0.257 e. The number of hydrogen-bond donors (Lipinski definition) is 1. The maximum absolute atomic E-state index is 13.4. The van der Waals surface area contributed by atoms with Crippen LogP contribution < -0.4 is 5.73 Å². The SMILES string of the molecule is Cc1cccc(-c2nn(-c3ccc(F)cc3)cc2C(=O)N2CCC(CN)CC2)c1. The molecule has 4 rings (SSSR count). The average molecular weight is 392 g/mol. The summed E-state index contributed by atoms with van der Waals surface area (Å²) in [6, 6.07) is 14.1. The van der Waals surface area contributed by atoms with Crippen LogP contribution in [-0.2, 0) is 0 Å². The number of aryl methyl sites for hydroxylation is 1. The molecule has 150 valence electrons. The van der Waals surface area contributed by atoms with Gasteiger partial charge in [0.05, 0.1) is 11.3 Å². The molecule has 6 heteroatoms. The third kappa shape index (κ3) is 4.07. The second-order valence-electron chi connectivity index (χ2n) is 7.65. The van der Waals surface area contributed by atoms with E-state index in [1.54, 1.807) is 23.0 Å². The predicted octanol–water partition coefficient (Wildman–Crippen LogP) is 3.80. The summed E-state index contributed by atoms with van der Waals surface area (Å²) in [5.74, 6) is 0.154. The van der Waals surface area contributed by atoms with Crippen molar-refractivity contribution >= 4 is 5.91 Å². The summed E-state index contributed by atoms with van der Waals surface area (Å²) in [5, 5.41) is 4.70. The van der Waals surface area contributed by atoms with Crippen LogP contribution in [0.15, 0.2) is 54.7 Å². The van der Waals surface area contributed by atoms with Gasteiger partial charge in [0.1, 0.15) is 11.5 Å². The first-order valence-corrected chi connectivity index (χ1v) is 9.97. The second kappa shape index (κ2) is 8.17. The number of rotatable bonds is 4. The highest BCUT2D eigenvalue weighted by atomic mass is 19.1. The standard InChI is InChI=1S/C23H25FN4O/c1-16-3-2-4-18(13-16)22-21(23(29)27-11-9-17(14-25)10-12-27)15-28(26-22)20-7-5-19(24)6-8-20/h2-8,13,15,17H,9-12,14,25H2,1H3. The fraction of sp³-hybridized carbons (Fsp3) is 0.304. The number of piperidine rings is 1. The van der Waals surface area contributed by atoms with E-state index in [0.717, 1.165) is 24.0 Å². The molecule has 1 saturated heterocycles. The molecule has 3 aromatic rings. The molecule has 1 aliphatic heterocycles. The smallest absolute Gasteiger partial charge is 0.257 e. The molecular weight excluding hydrogens is 367 g/mol. The van der Waals surface area contributed by atoms with Gasteiger partial charge in [-0.2, -0.15) is 5.10 Å². The Hall–Kier alpha value is -2.99. The zero-order chi connectivity index (χ0) is 20.4. The van der Waals surface area contributed by atoms with Gasteiger partial charge >= 0.3 is 0 Å². The van der Waals surface area contributed by atoms with Crippen molar-refractivity contribution in [1.29, 1.82) is 0 Å². The first-order valence-electron chi connectivity index (χ1n) is 9.97. The van der Waals surface area contributed by atoms with Gasteiger partial charge in [-0.3, -0.25) is 4.79 Å². The van der Waals surface area contributed by atoms with Crippen molar-refractivity contribution in [3.05, 3.63) is 71.7 Å². The van der Waals surface area contributed by atoms with Gasteiger partial charge in [0.25, 0.3) is 5.91 Å². The van der Waals surface area contributed by atoms with E-state index in [4.69, 9.17) is 10.8 Å². The zero-order valence-electron chi connectivity index (χ0n) is 16.5. The molecule has 0 unspecified atom stereocenters. The van der Waals surface area contributed by atoms with Gasteiger partial charge < -0.3 is 10.6 Å². The van der Waals surface area contributed by atoms with E-state index in [-0.39, 0.29) is 11.7 Å². The lowest BCUT2D eigenvalue weighted by Gasteiger charge is -2.31. The molecule has 1 aromatic heterocycles. The summed E-state index contributed by atoms with van der Waals surface area (Å²) in [5.41, 5.74) is 9.69. The maximum atomic E-state index is 13.4. The summed E-state index contributed by atoms with van der Waals surface area (Å²) in [7, 11) is 0. The Morgan fingerprint density at radius 3 is 2.55 bits per heavy atom. The summed E-state index contributed by atoms with van der Waals surface area (Å²) in [6.07, 6.45) is 3.60. The van der Waals surface area contributed by atoms with Crippen molar-refractivity contribution in [2.75, 3.05) is 19.6 Å². The van der Waals surface area contributed by atoms with Crippen LogP contribution in [0.5, 0.6) is 0 Å². The van der Waals surface area contributed by atoms with Gasteiger partial charge in [-0.15, -0.1) is 0 Å². The quantitative estimate of drug-likeness (QED) is 0.735. The minimum Gasteiger partial charge on any atom is -0.339 e. The van der Waals surface area contributed by atoms with Crippen molar-refractivity contribution in [3.8, 4) is 16.9 Å². The van der Waals surface area contributed by atoms with E-state index in [2.05, 4.69) is 0 Å². The number of amides is 1. The molecule has 2 N–H and O–H groups in total. The predicted molar refractivity (Wildman–Crippen MR) is 111 cm³/mol. The van der Waals surface area contributed by atoms with Gasteiger partial charge in [0.2, 0.25) is 0 Å². The highest BCUT2D eigenvalue weighted by molar-refractivity contribution is 6.00. The zero-order valence-corrected chi connectivity index (χ0v) is 16.5. The minimum absolute atomic E-state index is 0.0228. The Kier molecular flexibility index (Phi) is 5.45. The molecule has 1 aliphatic rings. The first-order chi connectivity index (χ1) is 14.0. The molecule has 1 fully saturated rings.